The number of rotatable bonds is 14. The highest BCUT2D eigenvalue weighted by Crippen LogP contribution is 2.10. The van der Waals surface area contributed by atoms with Crippen molar-refractivity contribution in [2.24, 2.45) is 0 Å². The van der Waals surface area contributed by atoms with E-state index in [4.69, 9.17) is 5.11 Å². The van der Waals surface area contributed by atoms with Crippen molar-refractivity contribution >= 4 is 5.97 Å². The molecule has 0 amide bonds. The fourth-order valence-electron chi connectivity index (χ4n) is 2.18. The summed E-state index contributed by atoms with van der Waals surface area (Å²) in [4.78, 5) is 10.2. The second kappa shape index (κ2) is 16.6. The van der Waals surface area contributed by atoms with Crippen LogP contribution in [0.3, 0.4) is 0 Å². The smallest absolute Gasteiger partial charge is 0.328 e. The Balaban J connectivity index is 3.53. The molecule has 3 nitrogen and oxygen atoms in total. The summed E-state index contributed by atoms with van der Waals surface area (Å²) in [6, 6.07) is 0. The molecule has 0 bridgehead atoms. The molecule has 1 N–H and O–H groups in total. The van der Waals surface area contributed by atoms with E-state index in [0.29, 0.717) is 0 Å². The van der Waals surface area contributed by atoms with Gasteiger partial charge in [-0.15, -0.1) is 5.76 Å². The van der Waals surface area contributed by atoms with Gasteiger partial charge in [-0.1, -0.05) is 94.7 Å². The number of carbonyl (C=O) groups is 1. The van der Waals surface area contributed by atoms with Crippen LogP contribution in [0.1, 0.15) is 71.1 Å². The minimum atomic E-state index is -1.06. The molecule has 130 valence electrons. The lowest BCUT2D eigenvalue weighted by Gasteiger charge is -2.02. The van der Waals surface area contributed by atoms with E-state index in [0.717, 1.165) is 12.5 Å². The summed E-state index contributed by atoms with van der Waals surface area (Å²) in [7, 11) is 0. The third-order valence-electron chi connectivity index (χ3n) is 3.48. The van der Waals surface area contributed by atoms with Crippen LogP contribution in [0.4, 0.5) is 0 Å². The number of aliphatic carboxylic acids is 1. The first kappa shape index (κ1) is 21.2. The average molecular weight is 319 g/mol. The minimum absolute atomic E-state index is 0.213. The second-order valence-corrected chi connectivity index (χ2v) is 5.67. The Morgan fingerprint density at radius 1 is 0.870 bits per heavy atom. The minimum Gasteiger partial charge on any atom is -0.872 e. The van der Waals surface area contributed by atoms with Crippen LogP contribution in [0, 0.1) is 0 Å². The summed E-state index contributed by atoms with van der Waals surface area (Å²) in [5.41, 5.74) is 0. The Labute approximate surface area is 141 Å². The molecule has 0 atom stereocenters. The molecule has 0 fully saturated rings. The molecule has 0 spiro atoms. The van der Waals surface area contributed by atoms with Crippen LogP contribution in [-0.2, 0) is 4.79 Å². The van der Waals surface area contributed by atoms with Crippen LogP contribution in [0.2, 0.25) is 0 Å². The molecule has 0 aromatic rings. The lowest BCUT2D eigenvalue weighted by atomic mass is 10.1. The predicted octanol–water partition coefficient (Wildman–Crippen LogP) is 4.90. The van der Waals surface area contributed by atoms with Gasteiger partial charge in [0.25, 0.3) is 0 Å². The molecule has 0 radical (unpaired) electrons. The van der Waals surface area contributed by atoms with Gasteiger partial charge in [0.05, 0.1) is 0 Å². The van der Waals surface area contributed by atoms with Crippen molar-refractivity contribution in [3.05, 3.63) is 48.3 Å². The molecular formula is C20H31O3-. The van der Waals surface area contributed by atoms with E-state index in [9.17, 15) is 9.90 Å². The van der Waals surface area contributed by atoms with Gasteiger partial charge in [0.15, 0.2) is 0 Å². The fourth-order valence-corrected chi connectivity index (χ4v) is 2.18. The number of allylic oxidation sites excluding steroid dienone is 6. The van der Waals surface area contributed by atoms with Crippen molar-refractivity contribution in [1.82, 2.24) is 0 Å². The number of hydrogen-bond donors (Lipinski definition) is 1. The third-order valence-corrected chi connectivity index (χ3v) is 3.48. The Hall–Kier alpha value is -1.77. The monoisotopic (exact) mass is 319 g/mol. The van der Waals surface area contributed by atoms with Gasteiger partial charge < -0.3 is 10.2 Å². The molecule has 0 aliphatic rings. The maximum absolute atomic E-state index is 11.3. The summed E-state index contributed by atoms with van der Waals surface area (Å²) < 4.78 is 0. The maximum Gasteiger partial charge on any atom is 0.328 e. The van der Waals surface area contributed by atoms with Gasteiger partial charge in [-0.05, 0) is 12.8 Å². The van der Waals surface area contributed by atoms with Crippen molar-refractivity contribution in [2.75, 3.05) is 0 Å². The van der Waals surface area contributed by atoms with E-state index in [1.54, 1.807) is 6.08 Å². The van der Waals surface area contributed by atoms with Gasteiger partial charge in [-0.2, -0.15) is 0 Å². The molecule has 0 rings (SSSR count). The van der Waals surface area contributed by atoms with Crippen LogP contribution in [0.15, 0.2) is 48.3 Å². The number of carboxylic acid groups (broad SMARTS) is 1. The third kappa shape index (κ3) is 18.2. The SMILES string of the molecule is CCCCCCCCCCC/C=C/C=C/C([O-])=C/C=C/C(=O)O. The molecule has 0 saturated carbocycles. The molecule has 0 aliphatic carbocycles. The Bertz CT molecular complexity index is 403. The van der Waals surface area contributed by atoms with Gasteiger partial charge in [-0.25, -0.2) is 4.79 Å². The molecule has 0 heterocycles. The molecule has 0 aliphatic heterocycles. The zero-order chi connectivity index (χ0) is 17.2. The lowest BCUT2D eigenvalue weighted by Crippen LogP contribution is -1.98. The van der Waals surface area contributed by atoms with E-state index < -0.39 is 5.97 Å². The topological polar surface area (TPSA) is 60.4 Å². The van der Waals surface area contributed by atoms with Crippen molar-refractivity contribution in [2.45, 2.75) is 71.1 Å². The van der Waals surface area contributed by atoms with E-state index in [1.165, 1.54) is 76.0 Å². The molecule has 0 aromatic carbocycles. The molecule has 0 saturated heterocycles. The van der Waals surface area contributed by atoms with Crippen LogP contribution in [0.25, 0.3) is 0 Å². The zero-order valence-electron chi connectivity index (χ0n) is 14.4. The maximum atomic E-state index is 11.3. The summed E-state index contributed by atoms with van der Waals surface area (Å²) in [5, 5.41) is 19.7. The van der Waals surface area contributed by atoms with Gasteiger partial charge in [0.2, 0.25) is 0 Å². The fraction of sp³-hybridized carbons (Fsp3) is 0.550. The summed E-state index contributed by atoms with van der Waals surface area (Å²) in [6.07, 6.45) is 23.5. The largest absolute Gasteiger partial charge is 0.872 e. The second-order valence-electron chi connectivity index (χ2n) is 5.67. The highest BCUT2D eigenvalue weighted by Gasteiger charge is 1.90. The first-order valence-electron chi connectivity index (χ1n) is 8.78. The van der Waals surface area contributed by atoms with Gasteiger partial charge >= 0.3 is 5.97 Å². The van der Waals surface area contributed by atoms with Crippen LogP contribution in [-0.4, -0.2) is 11.1 Å². The summed E-state index contributed by atoms with van der Waals surface area (Å²) in [6.45, 7) is 2.24. The Kier molecular flexibility index (Phi) is 15.3. The molecule has 3 heteroatoms. The first-order valence-corrected chi connectivity index (χ1v) is 8.78. The van der Waals surface area contributed by atoms with E-state index in [2.05, 4.69) is 13.0 Å². The summed E-state index contributed by atoms with van der Waals surface area (Å²) in [5.74, 6) is -1.27. The van der Waals surface area contributed by atoms with Crippen molar-refractivity contribution < 1.29 is 15.0 Å². The Morgan fingerprint density at radius 2 is 1.48 bits per heavy atom. The van der Waals surface area contributed by atoms with Gasteiger partial charge in [0, 0.05) is 6.08 Å². The molecule has 0 aromatic heterocycles. The normalized spacial score (nSPS) is 12.8. The molecule has 23 heavy (non-hydrogen) atoms. The van der Waals surface area contributed by atoms with Crippen molar-refractivity contribution in [3.8, 4) is 0 Å². The van der Waals surface area contributed by atoms with Crippen LogP contribution in [0.5, 0.6) is 0 Å². The molecular weight excluding hydrogens is 288 g/mol. The van der Waals surface area contributed by atoms with E-state index >= 15 is 0 Å². The number of hydrogen-bond acceptors (Lipinski definition) is 2. The zero-order valence-corrected chi connectivity index (χ0v) is 14.4. The number of unbranched alkanes of at least 4 members (excludes halogenated alkanes) is 9. The highest BCUT2D eigenvalue weighted by molar-refractivity contribution is 5.80. The van der Waals surface area contributed by atoms with E-state index in [-0.39, 0.29) is 5.76 Å². The first-order chi connectivity index (χ1) is 11.2. The average Bonchev–Trinajstić information content (AvgIpc) is 2.51. The summed E-state index contributed by atoms with van der Waals surface area (Å²) >= 11 is 0. The quantitative estimate of drug-likeness (QED) is 0.214. The van der Waals surface area contributed by atoms with Gasteiger partial charge in [0.1, 0.15) is 0 Å². The highest BCUT2D eigenvalue weighted by atomic mass is 16.4. The number of carboxylic acids is 1. The van der Waals surface area contributed by atoms with Crippen molar-refractivity contribution in [3.63, 3.8) is 0 Å². The standard InChI is InChI=1S/C20H32O3/c1-2-3-4-5-6-7-8-9-10-11-12-13-14-16-19(21)17-15-18-20(22)23/h12-18,21H,2-11H2,1H3,(H,22,23)/p-1/b13-12+,16-14+,18-15+,19-17-. The van der Waals surface area contributed by atoms with Crippen LogP contribution < -0.4 is 5.11 Å². The van der Waals surface area contributed by atoms with Crippen molar-refractivity contribution in [1.29, 1.82) is 0 Å². The Morgan fingerprint density at radius 3 is 2.09 bits per heavy atom. The van der Waals surface area contributed by atoms with Crippen LogP contribution >= 0.6 is 0 Å². The predicted molar refractivity (Wildman–Crippen MR) is 95.0 cm³/mol. The lowest BCUT2D eigenvalue weighted by molar-refractivity contribution is -0.294. The molecule has 0 unspecified atom stereocenters. The van der Waals surface area contributed by atoms with E-state index in [1.807, 2.05) is 6.08 Å². The van der Waals surface area contributed by atoms with Gasteiger partial charge in [-0.3, -0.25) is 0 Å².